The van der Waals surface area contributed by atoms with Crippen LogP contribution in [0.5, 0.6) is 11.5 Å². The van der Waals surface area contributed by atoms with Gasteiger partial charge in [-0.2, -0.15) is 0 Å². The summed E-state index contributed by atoms with van der Waals surface area (Å²) in [6.45, 7) is 7.62. The molecule has 0 bridgehead atoms. The summed E-state index contributed by atoms with van der Waals surface area (Å²) in [4.78, 5) is 11.5. The molecular weight excluding hydrogens is 507 g/mol. The Morgan fingerprint density at radius 2 is 1.82 bits per heavy atom. The number of halogens is 1. The van der Waals surface area contributed by atoms with E-state index in [0.717, 1.165) is 52.0 Å². The number of hydrogen-bond acceptors (Lipinski definition) is 4. The fourth-order valence-corrected chi connectivity index (χ4v) is 6.76. The summed E-state index contributed by atoms with van der Waals surface area (Å²) in [6.07, 6.45) is 2.40. The molecule has 2 aliphatic carbocycles. The zero-order chi connectivity index (χ0) is 28.0. The van der Waals surface area contributed by atoms with Gasteiger partial charge in [0.25, 0.3) is 0 Å². The van der Waals surface area contributed by atoms with Gasteiger partial charge in [-0.25, -0.2) is 4.39 Å². The minimum Gasteiger partial charge on any atom is -0.490 e. The van der Waals surface area contributed by atoms with Crippen molar-refractivity contribution in [2.75, 3.05) is 19.8 Å². The van der Waals surface area contributed by atoms with E-state index >= 15 is 0 Å². The van der Waals surface area contributed by atoms with Crippen molar-refractivity contribution in [2.45, 2.75) is 64.6 Å². The van der Waals surface area contributed by atoms with E-state index < -0.39 is 11.6 Å². The molecule has 1 heterocycles. The summed E-state index contributed by atoms with van der Waals surface area (Å²) < 4.78 is 32.5. The number of aryl methyl sites for hydroxylation is 3. The van der Waals surface area contributed by atoms with Crippen molar-refractivity contribution in [3.8, 4) is 22.6 Å². The highest BCUT2D eigenvalue weighted by Crippen LogP contribution is 2.62. The molecule has 2 fully saturated rings. The lowest BCUT2D eigenvalue weighted by molar-refractivity contribution is -0.139. The van der Waals surface area contributed by atoms with Crippen LogP contribution in [0.2, 0.25) is 0 Å². The minimum atomic E-state index is -1.33. The molecule has 3 atom stereocenters. The Bertz CT molecular complexity index is 1420. The second-order valence-electron chi connectivity index (χ2n) is 11.7. The molecule has 6 rings (SSSR count). The highest BCUT2D eigenvalue weighted by atomic mass is 19.1. The monoisotopic (exact) mass is 544 g/mol. The number of rotatable bonds is 9. The highest BCUT2D eigenvalue weighted by Gasteiger charge is 2.59. The van der Waals surface area contributed by atoms with Gasteiger partial charge in [0.15, 0.2) is 0 Å². The van der Waals surface area contributed by atoms with Gasteiger partial charge < -0.3 is 19.3 Å². The van der Waals surface area contributed by atoms with Crippen LogP contribution < -0.4 is 9.47 Å². The van der Waals surface area contributed by atoms with Crippen LogP contribution in [0.25, 0.3) is 11.1 Å². The largest absolute Gasteiger partial charge is 0.490 e. The Morgan fingerprint density at radius 1 is 1.07 bits per heavy atom. The Morgan fingerprint density at radius 3 is 2.52 bits per heavy atom. The third-order valence-electron chi connectivity index (χ3n) is 8.97. The van der Waals surface area contributed by atoms with Crippen molar-refractivity contribution in [2.24, 2.45) is 11.8 Å². The predicted octanol–water partition coefficient (Wildman–Crippen LogP) is 6.98. The van der Waals surface area contributed by atoms with Gasteiger partial charge in [0.2, 0.25) is 0 Å². The van der Waals surface area contributed by atoms with Crippen molar-refractivity contribution in [3.63, 3.8) is 0 Å². The second-order valence-corrected chi connectivity index (χ2v) is 11.7. The summed E-state index contributed by atoms with van der Waals surface area (Å²) in [6, 6.07) is 16.7. The van der Waals surface area contributed by atoms with Gasteiger partial charge in [-0.1, -0.05) is 31.2 Å². The Labute approximate surface area is 235 Å². The lowest BCUT2D eigenvalue weighted by Crippen LogP contribution is -2.37. The standard InChI is InChI=1S/C34H37FO5/c1-4-23-15-27-25(16-28-31(27)32(28)33(36)37)17-29(23)39-18-22-6-5-7-24(14-22)30-20(2)12-26(13-21(30)3)40-19-34(35)8-10-38-11-9-34/h5-7,12-15,17,28,31-32H,4,8-11,16,18-19H2,1-3H3,(H,36,37). The average molecular weight is 545 g/mol. The number of carboxylic acids is 1. The molecule has 0 amide bonds. The van der Waals surface area contributed by atoms with Crippen molar-refractivity contribution in [1.82, 2.24) is 0 Å². The molecule has 1 aliphatic heterocycles. The van der Waals surface area contributed by atoms with E-state index in [-0.39, 0.29) is 24.4 Å². The number of ether oxygens (including phenoxy) is 3. The van der Waals surface area contributed by atoms with Crippen molar-refractivity contribution in [3.05, 3.63) is 81.9 Å². The molecule has 1 N–H and O–H groups in total. The molecule has 1 saturated heterocycles. The van der Waals surface area contributed by atoms with E-state index in [9.17, 15) is 14.3 Å². The van der Waals surface area contributed by atoms with Gasteiger partial charge in [0, 0.05) is 32.0 Å². The molecule has 0 radical (unpaired) electrons. The number of fused-ring (bicyclic) bond motifs is 3. The maximum Gasteiger partial charge on any atom is 0.307 e. The molecule has 5 nitrogen and oxygen atoms in total. The van der Waals surface area contributed by atoms with Gasteiger partial charge in [0.1, 0.15) is 30.4 Å². The summed E-state index contributed by atoms with van der Waals surface area (Å²) in [5.41, 5.74) is 7.74. The third-order valence-corrected chi connectivity index (χ3v) is 8.97. The number of benzene rings is 3. The SMILES string of the molecule is CCc1cc2c(cc1OCc1cccc(-c3c(C)cc(OCC4(F)CCOCC4)cc3C)c1)CC1C(C(=O)O)C21. The number of alkyl halides is 1. The summed E-state index contributed by atoms with van der Waals surface area (Å²) >= 11 is 0. The smallest absolute Gasteiger partial charge is 0.307 e. The number of carboxylic acid groups (broad SMARTS) is 1. The molecular formula is C34H37FO5. The molecule has 3 aromatic carbocycles. The topological polar surface area (TPSA) is 65.0 Å². The number of aliphatic carboxylic acids is 1. The van der Waals surface area contributed by atoms with Crippen LogP contribution in [-0.2, 0) is 29.0 Å². The van der Waals surface area contributed by atoms with Crippen LogP contribution in [0.4, 0.5) is 4.39 Å². The van der Waals surface area contributed by atoms with Gasteiger partial charge in [-0.15, -0.1) is 0 Å². The molecule has 3 unspecified atom stereocenters. The molecule has 1 saturated carbocycles. The molecule has 3 aromatic rings. The van der Waals surface area contributed by atoms with Crippen LogP contribution in [0.1, 0.15) is 59.1 Å². The summed E-state index contributed by atoms with van der Waals surface area (Å²) in [7, 11) is 0. The van der Waals surface area contributed by atoms with Gasteiger partial charge in [-0.05, 0) is 101 Å². The average Bonchev–Trinajstić information content (AvgIpc) is 3.54. The molecule has 0 spiro atoms. The zero-order valence-corrected chi connectivity index (χ0v) is 23.5. The van der Waals surface area contributed by atoms with E-state index in [4.69, 9.17) is 14.2 Å². The van der Waals surface area contributed by atoms with Gasteiger partial charge in [0.05, 0.1) is 5.92 Å². The lowest BCUT2D eigenvalue weighted by atomic mass is 9.94. The second kappa shape index (κ2) is 10.5. The molecule has 40 heavy (non-hydrogen) atoms. The summed E-state index contributed by atoms with van der Waals surface area (Å²) in [5.74, 6) is 1.11. The van der Waals surface area contributed by atoms with E-state index in [1.54, 1.807) is 0 Å². The lowest BCUT2D eigenvalue weighted by Gasteiger charge is -2.29. The van der Waals surface area contributed by atoms with E-state index in [2.05, 4.69) is 57.2 Å². The predicted molar refractivity (Wildman–Crippen MR) is 152 cm³/mol. The fourth-order valence-electron chi connectivity index (χ4n) is 6.76. The van der Waals surface area contributed by atoms with Crippen LogP contribution >= 0.6 is 0 Å². The number of carbonyl (C=O) groups is 1. The van der Waals surface area contributed by atoms with Gasteiger partial charge >= 0.3 is 5.97 Å². The maximum absolute atomic E-state index is 15.0. The minimum absolute atomic E-state index is 0.0469. The number of hydrogen-bond donors (Lipinski definition) is 1. The van der Waals surface area contributed by atoms with E-state index in [1.807, 2.05) is 12.1 Å². The normalized spacial score (nSPS) is 22.4. The van der Waals surface area contributed by atoms with Gasteiger partial charge in [-0.3, -0.25) is 4.79 Å². The zero-order valence-electron chi connectivity index (χ0n) is 23.5. The van der Waals surface area contributed by atoms with Crippen molar-refractivity contribution in [1.29, 1.82) is 0 Å². The third kappa shape index (κ3) is 5.10. The fraction of sp³-hybridized carbons (Fsp3) is 0.441. The first kappa shape index (κ1) is 26.8. The maximum atomic E-state index is 15.0. The van der Waals surface area contributed by atoms with Crippen LogP contribution in [0, 0.1) is 25.7 Å². The molecule has 6 heteroatoms. The first-order valence-corrected chi connectivity index (χ1v) is 14.4. The van der Waals surface area contributed by atoms with Crippen molar-refractivity contribution < 1.29 is 28.5 Å². The van der Waals surface area contributed by atoms with E-state index in [1.165, 1.54) is 11.1 Å². The Balaban J connectivity index is 1.16. The van der Waals surface area contributed by atoms with Crippen LogP contribution in [0.3, 0.4) is 0 Å². The highest BCUT2D eigenvalue weighted by molar-refractivity contribution is 5.78. The quantitative estimate of drug-likeness (QED) is 0.315. The molecule has 0 aromatic heterocycles. The van der Waals surface area contributed by atoms with Crippen molar-refractivity contribution >= 4 is 5.97 Å². The molecule has 210 valence electrons. The molecule has 3 aliphatic rings. The first-order chi connectivity index (χ1) is 19.3. The Kier molecular flexibility index (Phi) is 7.07. The Hall–Kier alpha value is -3.38. The first-order valence-electron chi connectivity index (χ1n) is 14.4. The van der Waals surface area contributed by atoms with Crippen LogP contribution in [-0.4, -0.2) is 36.6 Å². The van der Waals surface area contributed by atoms with Crippen LogP contribution in [0.15, 0.2) is 48.5 Å². The summed E-state index contributed by atoms with van der Waals surface area (Å²) in [5, 5.41) is 9.46. The van der Waals surface area contributed by atoms with E-state index in [0.29, 0.717) is 38.4 Å².